The van der Waals surface area contributed by atoms with E-state index >= 15 is 0 Å². The van der Waals surface area contributed by atoms with Gasteiger partial charge in [-0.2, -0.15) is 0 Å². The lowest BCUT2D eigenvalue weighted by Gasteiger charge is -2.29. The fraction of sp³-hybridized carbons (Fsp3) is 0.435. The molecule has 174 valence electrons. The van der Waals surface area contributed by atoms with Gasteiger partial charge in [0, 0.05) is 25.3 Å². The second-order valence-corrected chi connectivity index (χ2v) is 9.88. The normalized spacial score (nSPS) is 14.3. The molecule has 1 heterocycles. The molecule has 1 fully saturated rings. The Hall–Kier alpha value is -2.78. The summed E-state index contributed by atoms with van der Waals surface area (Å²) in [6.07, 6.45) is 1.10. The van der Waals surface area contributed by atoms with E-state index in [0.717, 1.165) is 48.1 Å². The summed E-state index contributed by atoms with van der Waals surface area (Å²) in [6.45, 7) is 7.03. The van der Waals surface area contributed by atoms with Gasteiger partial charge in [-0.3, -0.25) is 9.10 Å². The molecule has 0 saturated carbocycles. The Balaban J connectivity index is 1.58. The van der Waals surface area contributed by atoms with Crippen molar-refractivity contribution in [2.75, 3.05) is 48.3 Å². The summed E-state index contributed by atoms with van der Waals surface area (Å²) < 4.78 is 36.6. The Morgan fingerprint density at radius 2 is 1.72 bits per heavy atom. The molecule has 8 nitrogen and oxygen atoms in total. The third kappa shape index (κ3) is 6.86. The number of rotatable bonds is 9. The van der Waals surface area contributed by atoms with E-state index < -0.39 is 10.0 Å². The van der Waals surface area contributed by atoms with Crippen LogP contribution in [0.2, 0.25) is 0 Å². The van der Waals surface area contributed by atoms with Gasteiger partial charge >= 0.3 is 0 Å². The predicted molar refractivity (Wildman–Crippen MR) is 126 cm³/mol. The molecule has 0 bridgehead atoms. The first-order chi connectivity index (χ1) is 15.2. The van der Waals surface area contributed by atoms with Gasteiger partial charge in [-0.1, -0.05) is 12.1 Å². The first-order valence-corrected chi connectivity index (χ1v) is 12.5. The topological polar surface area (TPSA) is 88.2 Å². The van der Waals surface area contributed by atoms with E-state index in [-0.39, 0.29) is 18.6 Å². The third-order valence-electron chi connectivity index (χ3n) is 4.99. The molecule has 3 rings (SSSR count). The summed E-state index contributed by atoms with van der Waals surface area (Å²) in [4.78, 5) is 14.8. The molecular formula is C23H31N3O5S. The molecule has 0 unspecified atom stereocenters. The summed E-state index contributed by atoms with van der Waals surface area (Å²) in [6, 6.07) is 14.6. The second-order valence-electron chi connectivity index (χ2n) is 7.97. The van der Waals surface area contributed by atoms with Crippen LogP contribution in [0, 0.1) is 0 Å². The zero-order valence-corrected chi connectivity index (χ0v) is 19.6. The van der Waals surface area contributed by atoms with E-state index in [1.807, 2.05) is 38.1 Å². The van der Waals surface area contributed by atoms with E-state index in [2.05, 4.69) is 10.2 Å². The van der Waals surface area contributed by atoms with E-state index in [1.54, 1.807) is 24.3 Å². The fourth-order valence-corrected chi connectivity index (χ4v) is 4.25. The number of nitrogens with zero attached hydrogens (tertiary/aromatic N) is 2. The molecule has 1 saturated heterocycles. The molecule has 2 aromatic rings. The van der Waals surface area contributed by atoms with Crippen LogP contribution in [0.5, 0.6) is 5.75 Å². The van der Waals surface area contributed by atoms with Crippen molar-refractivity contribution in [2.45, 2.75) is 26.5 Å². The van der Waals surface area contributed by atoms with Gasteiger partial charge in [-0.05, 0) is 55.8 Å². The molecule has 1 aliphatic rings. The van der Waals surface area contributed by atoms with E-state index in [0.29, 0.717) is 18.0 Å². The number of sulfonamides is 1. The minimum atomic E-state index is -3.63. The standard InChI is InChI=1S/C23H31N3O5S/c1-18(2)31-22-10-8-21(9-11-22)26(32(3,28)29)17-23(27)24-16-19-4-6-20(7-5-19)25-12-14-30-15-13-25/h4-11,18H,12-17H2,1-3H3,(H,24,27). The van der Waals surface area contributed by atoms with Crippen LogP contribution in [0.25, 0.3) is 0 Å². The third-order valence-corrected chi connectivity index (χ3v) is 6.13. The molecule has 0 atom stereocenters. The van der Waals surface area contributed by atoms with Gasteiger partial charge in [-0.15, -0.1) is 0 Å². The SMILES string of the molecule is CC(C)Oc1ccc(N(CC(=O)NCc2ccc(N3CCOCC3)cc2)S(C)(=O)=O)cc1. The minimum Gasteiger partial charge on any atom is -0.491 e. The van der Waals surface area contributed by atoms with E-state index in [9.17, 15) is 13.2 Å². The summed E-state index contributed by atoms with van der Waals surface area (Å²) in [5.74, 6) is 0.261. The van der Waals surface area contributed by atoms with Gasteiger partial charge in [0.1, 0.15) is 12.3 Å². The molecule has 9 heteroatoms. The van der Waals surface area contributed by atoms with Crippen molar-refractivity contribution >= 4 is 27.3 Å². The second kappa shape index (κ2) is 10.7. The average molecular weight is 462 g/mol. The van der Waals surface area contributed by atoms with Crippen LogP contribution in [-0.4, -0.2) is 59.5 Å². The van der Waals surface area contributed by atoms with Gasteiger partial charge in [0.05, 0.1) is 31.3 Å². The highest BCUT2D eigenvalue weighted by Gasteiger charge is 2.21. The average Bonchev–Trinajstić information content (AvgIpc) is 2.76. The Morgan fingerprint density at radius 3 is 2.28 bits per heavy atom. The number of carbonyl (C=O) groups excluding carboxylic acids is 1. The first kappa shape index (κ1) is 23.9. The zero-order valence-electron chi connectivity index (χ0n) is 18.8. The van der Waals surface area contributed by atoms with Crippen LogP contribution in [-0.2, 0) is 26.1 Å². The summed E-state index contributed by atoms with van der Waals surface area (Å²) in [5.41, 5.74) is 2.47. The van der Waals surface area contributed by atoms with Crippen LogP contribution in [0.15, 0.2) is 48.5 Å². The number of ether oxygens (including phenoxy) is 2. The maximum absolute atomic E-state index is 12.5. The smallest absolute Gasteiger partial charge is 0.241 e. The lowest BCUT2D eigenvalue weighted by molar-refractivity contribution is -0.119. The molecule has 0 radical (unpaired) electrons. The highest BCUT2D eigenvalue weighted by molar-refractivity contribution is 7.92. The van der Waals surface area contributed by atoms with Crippen molar-refractivity contribution in [3.05, 3.63) is 54.1 Å². The number of carbonyl (C=O) groups is 1. The number of benzene rings is 2. The van der Waals surface area contributed by atoms with Gasteiger partial charge in [0.25, 0.3) is 0 Å². The van der Waals surface area contributed by atoms with Crippen LogP contribution >= 0.6 is 0 Å². The van der Waals surface area contributed by atoms with Gasteiger partial charge in [0.15, 0.2) is 0 Å². The number of anilines is 2. The molecule has 0 spiro atoms. The van der Waals surface area contributed by atoms with Crippen molar-refractivity contribution in [1.82, 2.24) is 5.32 Å². The van der Waals surface area contributed by atoms with Gasteiger partial charge < -0.3 is 19.7 Å². The van der Waals surface area contributed by atoms with Crippen LogP contribution in [0.3, 0.4) is 0 Å². The van der Waals surface area contributed by atoms with Crippen molar-refractivity contribution in [2.24, 2.45) is 0 Å². The molecule has 0 aliphatic carbocycles. The molecule has 0 aromatic heterocycles. The van der Waals surface area contributed by atoms with E-state index in [1.165, 1.54) is 0 Å². The Labute approximate surface area is 190 Å². The summed E-state index contributed by atoms with van der Waals surface area (Å²) in [7, 11) is -3.63. The number of amides is 1. The first-order valence-electron chi connectivity index (χ1n) is 10.6. The van der Waals surface area contributed by atoms with Crippen molar-refractivity contribution in [1.29, 1.82) is 0 Å². The quantitative estimate of drug-likeness (QED) is 0.617. The zero-order chi connectivity index (χ0) is 23.1. The largest absolute Gasteiger partial charge is 0.491 e. The molecular weight excluding hydrogens is 430 g/mol. The Kier molecular flexibility index (Phi) is 7.98. The lowest BCUT2D eigenvalue weighted by Crippen LogP contribution is -2.40. The van der Waals surface area contributed by atoms with Crippen molar-refractivity contribution in [3.63, 3.8) is 0 Å². The molecule has 1 amide bonds. The van der Waals surface area contributed by atoms with Gasteiger partial charge in [-0.25, -0.2) is 8.42 Å². The summed E-state index contributed by atoms with van der Waals surface area (Å²) in [5, 5.41) is 2.80. The van der Waals surface area contributed by atoms with Crippen molar-refractivity contribution < 1.29 is 22.7 Å². The fourth-order valence-electron chi connectivity index (χ4n) is 3.40. The maximum atomic E-state index is 12.5. The summed E-state index contributed by atoms with van der Waals surface area (Å²) >= 11 is 0. The molecule has 2 aromatic carbocycles. The van der Waals surface area contributed by atoms with E-state index in [4.69, 9.17) is 9.47 Å². The number of nitrogens with one attached hydrogen (secondary N) is 1. The highest BCUT2D eigenvalue weighted by Crippen LogP contribution is 2.22. The van der Waals surface area contributed by atoms with Crippen molar-refractivity contribution in [3.8, 4) is 5.75 Å². The molecule has 1 N–H and O–H groups in total. The molecule has 1 aliphatic heterocycles. The van der Waals surface area contributed by atoms with Crippen LogP contribution < -0.4 is 19.3 Å². The van der Waals surface area contributed by atoms with Gasteiger partial charge in [0.2, 0.25) is 15.9 Å². The Bertz CT molecular complexity index is 985. The minimum absolute atomic E-state index is 0.0144. The number of hydrogen-bond acceptors (Lipinski definition) is 6. The predicted octanol–water partition coefficient (Wildman–Crippen LogP) is 2.39. The lowest BCUT2D eigenvalue weighted by atomic mass is 10.2. The highest BCUT2D eigenvalue weighted by atomic mass is 32.2. The maximum Gasteiger partial charge on any atom is 0.241 e. The monoisotopic (exact) mass is 461 g/mol. The van der Waals surface area contributed by atoms with Crippen LogP contribution in [0.1, 0.15) is 19.4 Å². The number of hydrogen-bond donors (Lipinski definition) is 1. The molecule has 32 heavy (non-hydrogen) atoms. The Morgan fingerprint density at radius 1 is 1.09 bits per heavy atom. The number of morpholine rings is 1. The van der Waals surface area contributed by atoms with Crippen LogP contribution in [0.4, 0.5) is 11.4 Å².